The van der Waals surface area contributed by atoms with E-state index < -0.39 is 11.9 Å². The third-order valence-electron chi connectivity index (χ3n) is 3.55. The lowest BCUT2D eigenvalue weighted by Crippen LogP contribution is -2.04. The van der Waals surface area contributed by atoms with Crippen LogP contribution in [0.15, 0.2) is 53.1 Å². The van der Waals surface area contributed by atoms with E-state index in [1.54, 1.807) is 18.2 Å². The molecular formula is C17H15FO3. The van der Waals surface area contributed by atoms with Crippen LogP contribution in [0.5, 0.6) is 5.75 Å². The summed E-state index contributed by atoms with van der Waals surface area (Å²) in [6.45, 7) is 0. The highest BCUT2D eigenvalue weighted by Crippen LogP contribution is 2.30. The summed E-state index contributed by atoms with van der Waals surface area (Å²) in [4.78, 5) is 0. The van der Waals surface area contributed by atoms with Crippen molar-refractivity contribution in [3.05, 3.63) is 65.7 Å². The Balaban J connectivity index is 1.91. The van der Waals surface area contributed by atoms with E-state index in [2.05, 4.69) is 0 Å². The van der Waals surface area contributed by atoms with E-state index in [1.807, 2.05) is 24.3 Å². The van der Waals surface area contributed by atoms with Crippen LogP contribution in [-0.2, 0) is 6.42 Å². The molecule has 0 radical (unpaired) electrons. The summed E-state index contributed by atoms with van der Waals surface area (Å²) in [5.74, 6) is -0.261. The van der Waals surface area contributed by atoms with Crippen molar-refractivity contribution in [2.45, 2.75) is 12.5 Å². The molecule has 0 aliphatic rings. The Morgan fingerprint density at radius 1 is 1.19 bits per heavy atom. The predicted octanol–water partition coefficient (Wildman–Crippen LogP) is 3.86. The number of para-hydroxylation sites is 1. The lowest BCUT2D eigenvalue weighted by molar-refractivity contribution is 0.177. The summed E-state index contributed by atoms with van der Waals surface area (Å²) in [6, 6.07) is 12.3. The van der Waals surface area contributed by atoms with Crippen LogP contribution in [-0.4, -0.2) is 12.2 Å². The van der Waals surface area contributed by atoms with Crippen molar-refractivity contribution in [3.8, 4) is 5.75 Å². The molecule has 108 valence electrons. The van der Waals surface area contributed by atoms with Crippen molar-refractivity contribution in [1.29, 1.82) is 0 Å². The number of aliphatic hydroxyl groups is 1. The fourth-order valence-electron chi connectivity index (χ4n) is 2.45. The summed E-state index contributed by atoms with van der Waals surface area (Å²) < 4.78 is 24.5. The molecule has 3 aromatic rings. The van der Waals surface area contributed by atoms with Crippen LogP contribution in [0.2, 0.25) is 0 Å². The van der Waals surface area contributed by atoms with Gasteiger partial charge in [-0.1, -0.05) is 30.3 Å². The number of ether oxygens (including phenoxy) is 1. The zero-order chi connectivity index (χ0) is 14.8. The summed E-state index contributed by atoms with van der Waals surface area (Å²) in [6.07, 6.45) is 0.843. The number of furan rings is 1. The van der Waals surface area contributed by atoms with Gasteiger partial charge in [-0.05, 0) is 17.7 Å². The first kappa shape index (κ1) is 13.6. The van der Waals surface area contributed by atoms with Gasteiger partial charge < -0.3 is 14.3 Å². The predicted molar refractivity (Wildman–Crippen MR) is 77.8 cm³/mol. The zero-order valence-electron chi connectivity index (χ0n) is 11.5. The van der Waals surface area contributed by atoms with Crippen LogP contribution in [0.4, 0.5) is 4.39 Å². The maximum Gasteiger partial charge on any atom is 0.168 e. The number of benzene rings is 2. The highest BCUT2D eigenvalue weighted by Gasteiger charge is 2.18. The SMILES string of the molecule is COc1cccc(CC(O)c2coc3ccccc23)c1F. The first-order chi connectivity index (χ1) is 10.2. The van der Waals surface area contributed by atoms with E-state index in [0.717, 1.165) is 5.39 Å². The maximum atomic E-state index is 14.1. The Hall–Kier alpha value is -2.33. The molecular weight excluding hydrogens is 271 g/mol. The minimum Gasteiger partial charge on any atom is -0.494 e. The van der Waals surface area contributed by atoms with Gasteiger partial charge in [0, 0.05) is 17.4 Å². The van der Waals surface area contributed by atoms with Crippen molar-refractivity contribution in [1.82, 2.24) is 0 Å². The van der Waals surface area contributed by atoms with Gasteiger partial charge >= 0.3 is 0 Å². The molecule has 0 aliphatic heterocycles. The summed E-state index contributed by atoms with van der Waals surface area (Å²) >= 11 is 0. The fraction of sp³-hybridized carbons (Fsp3) is 0.176. The Morgan fingerprint density at radius 2 is 2.00 bits per heavy atom. The van der Waals surface area contributed by atoms with E-state index >= 15 is 0 Å². The van der Waals surface area contributed by atoms with E-state index in [1.165, 1.54) is 13.4 Å². The van der Waals surface area contributed by atoms with Crippen molar-refractivity contribution >= 4 is 11.0 Å². The van der Waals surface area contributed by atoms with Crippen molar-refractivity contribution in [2.75, 3.05) is 7.11 Å². The molecule has 0 amide bonds. The lowest BCUT2D eigenvalue weighted by Gasteiger charge is -2.11. The number of aliphatic hydroxyl groups excluding tert-OH is 1. The van der Waals surface area contributed by atoms with Crippen LogP contribution in [0, 0.1) is 5.82 Å². The first-order valence-electron chi connectivity index (χ1n) is 6.66. The summed E-state index contributed by atoms with van der Waals surface area (Å²) in [5.41, 5.74) is 1.78. The van der Waals surface area contributed by atoms with Crippen LogP contribution >= 0.6 is 0 Å². The van der Waals surface area contributed by atoms with Crippen molar-refractivity contribution < 1.29 is 18.7 Å². The second kappa shape index (κ2) is 5.58. The summed E-state index contributed by atoms with van der Waals surface area (Å²) in [7, 11) is 1.42. The molecule has 21 heavy (non-hydrogen) atoms. The minimum atomic E-state index is -0.838. The number of fused-ring (bicyclic) bond motifs is 1. The third-order valence-corrected chi connectivity index (χ3v) is 3.55. The second-order valence-electron chi connectivity index (χ2n) is 4.84. The molecule has 1 aromatic heterocycles. The van der Waals surface area contributed by atoms with Gasteiger partial charge in [-0.2, -0.15) is 0 Å². The normalized spacial score (nSPS) is 12.5. The highest BCUT2D eigenvalue weighted by atomic mass is 19.1. The average Bonchev–Trinajstić information content (AvgIpc) is 2.93. The Bertz CT molecular complexity index is 764. The quantitative estimate of drug-likeness (QED) is 0.792. The van der Waals surface area contributed by atoms with Gasteiger partial charge in [-0.3, -0.25) is 0 Å². The van der Waals surface area contributed by atoms with Gasteiger partial charge in [0.2, 0.25) is 0 Å². The highest BCUT2D eigenvalue weighted by molar-refractivity contribution is 5.81. The molecule has 3 rings (SSSR count). The molecule has 1 unspecified atom stereocenters. The molecule has 1 heterocycles. The number of hydrogen-bond acceptors (Lipinski definition) is 3. The van der Waals surface area contributed by atoms with Gasteiger partial charge in [-0.25, -0.2) is 4.39 Å². The molecule has 4 heteroatoms. The Labute approximate surface area is 121 Å². The molecule has 0 spiro atoms. The Morgan fingerprint density at radius 3 is 2.81 bits per heavy atom. The Kier molecular flexibility index (Phi) is 3.62. The number of rotatable bonds is 4. The third kappa shape index (κ3) is 2.50. The molecule has 1 N–H and O–H groups in total. The second-order valence-corrected chi connectivity index (χ2v) is 4.84. The maximum absolute atomic E-state index is 14.1. The van der Waals surface area contributed by atoms with Crippen molar-refractivity contribution in [2.24, 2.45) is 0 Å². The van der Waals surface area contributed by atoms with Crippen LogP contribution < -0.4 is 4.74 Å². The first-order valence-corrected chi connectivity index (χ1v) is 6.66. The van der Waals surface area contributed by atoms with Crippen LogP contribution in [0.25, 0.3) is 11.0 Å². The molecule has 3 nitrogen and oxygen atoms in total. The number of methoxy groups -OCH3 is 1. The van der Waals surface area contributed by atoms with Crippen LogP contribution in [0.1, 0.15) is 17.2 Å². The smallest absolute Gasteiger partial charge is 0.168 e. The molecule has 2 aromatic carbocycles. The van der Waals surface area contributed by atoms with Gasteiger partial charge in [0.1, 0.15) is 5.58 Å². The van der Waals surface area contributed by atoms with E-state index in [9.17, 15) is 9.50 Å². The number of halogens is 1. The zero-order valence-corrected chi connectivity index (χ0v) is 11.5. The van der Waals surface area contributed by atoms with Gasteiger partial charge in [0.25, 0.3) is 0 Å². The minimum absolute atomic E-state index is 0.159. The molecule has 0 saturated heterocycles. The largest absolute Gasteiger partial charge is 0.494 e. The van der Waals surface area contributed by atoms with Gasteiger partial charge in [0.15, 0.2) is 11.6 Å². The molecule has 0 fully saturated rings. The monoisotopic (exact) mass is 286 g/mol. The summed E-state index contributed by atoms with van der Waals surface area (Å²) in [5, 5.41) is 11.2. The fourth-order valence-corrected chi connectivity index (χ4v) is 2.45. The average molecular weight is 286 g/mol. The van der Waals surface area contributed by atoms with Gasteiger partial charge in [0.05, 0.1) is 19.5 Å². The van der Waals surface area contributed by atoms with E-state index in [-0.39, 0.29) is 12.2 Å². The molecule has 0 aliphatic carbocycles. The molecule has 0 saturated carbocycles. The van der Waals surface area contributed by atoms with Gasteiger partial charge in [-0.15, -0.1) is 0 Å². The van der Waals surface area contributed by atoms with Crippen LogP contribution in [0.3, 0.4) is 0 Å². The lowest BCUT2D eigenvalue weighted by atomic mass is 10.0. The topological polar surface area (TPSA) is 42.6 Å². The molecule has 0 bridgehead atoms. The molecule has 1 atom stereocenters. The standard InChI is InChI=1S/C17H15FO3/c1-20-16-8-4-5-11(17(16)18)9-14(19)13-10-21-15-7-3-2-6-12(13)15/h2-8,10,14,19H,9H2,1H3. The van der Waals surface area contributed by atoms with Crippen molar-refractivity contribution in [3.63, 3.8) is 0 Å². The van der Waals surface area contributed by atoms with E-state index in [4.69, 9.17) is 9.15 Å². The number of hydrogen-bond donors (Lipinski definition) is 1. The van der Waals surface area contributed by atoms with E-state index in [0.29, 0.717) is 16.7 Å².